The molecule has 2 heterocycles. The van der Waals surface area contributed by atoms with Crippen molar-refractivity contribution >= 4 is 17.8 Å². The molecule has 0 spiro atoms. The van der Waals surface area contributed by atoms with Gasteiger partial charge in [0, 0.05) is 24.5 Å². The number of fused-ring (bicyclic) bond motifs is 1. The Bertz CT molecular complexity index is 581. The Labute approximate surface area is 116 Å². The van der Waals surface area contributed by atoms with Crippen LogP contribution < -0.4 is 10.2 Å². The van der Waals surface area contributed by atoms with Crippen molar-refractivity contribution in [2.75, 3.05) is 4.90 Å². The van der Waals surface area contributed by atoms with Crippen molar-refractivity contribution < 1.29 is 14.7 Å². The number of carboxylic acid groups (broad SMARTS) is 1. The van der Waals surface area contributed by atoms with Gasteiger partial charge in [-0.25, -0.2) is 9.78 Å². The van der Waals surface area contributed by atoms with Gasteiger partial charge in [-0.05, 0) is 26.7 Å². The van der Waals surface area contributed by atoms with E-state index < -0.39 is 11.5 Å². The summed E-state index contributed by atoms with van der Waals surface area (Å²) in [5.41, 5.74) is 0.0224. The minimum Gasteiger partial charge on any atom is -0.465 e. The summed E-state index contributed by atoms with van der Waals surface area (Å²) < 4.78 is 0. The molecule has 106 valence electrons. The van der Waals surface area contributed by atoms with Gasteiger partial charge in [0.15, 0.2) is 5.82 Å². The van der Waals surface area contributed by atoms with Crippen molar-refractivity contribution in [3.05, 3.63) is 18.1 Å². The predicted octanol–water partition coefficient (Wildman–Crippen LogP) is 0.899. The average Bonchev–Trinajstić information content (AvgIpc) is 2.54. The summed E-state index contributed by atoms with van der Waals surface area (Å²) >= 11 is 0. The van der Waals surface area contributed by atoms with Gasteiger partial charge in [0.25, 0.3) is 0 Å². The Hall–Kier alpha value is -2.18. The lowest BCUT2D eigenvalue weighted by molar-refractivity contribution is -0.123. The standard InChI is InChI=1S/C13H16N4O3/c1-13(2)9-10(15-4-3-14-9)17(11(13)18)8-5-7(6-8)16-12(19)20/h3-4,7-8,16H,5-6H2,1-2H3,(H,19,20). The zero-order chi connectivity index (χ0) is 14.5. The summed E-state index contributed by atoms with van der Waals surface area (Å²) in [5, 5.41) is 11.1. The van der Waals surface area contributed by atoms with Crippen LogP contribution in [0.3, 0.4) is 0 Å². The van der Waals surface area contributed by atoms with E-state index in [0.717, 1.165) is 0 Å². The third-order valence-corrected chi connectivity index (χ3v) is 4.06. The van der Waals surface area contributed by atoms with E-state index in [-0.39, 0.29) is 18.0 Å². The number of aromatic nitrogens is 2. The first-order valence-electron chi connectivity index (χ1n) is 6.56. The highest BCUT2D eigenvalue weighted by Gasteiger charge is 2.51. The van der Waals surface area contributed by atoms with Crippen LogP contribution in [0.1, 0.15) is 32.4 Å². The molecule has 7 nitrogen and oxygen atoms in total. The van der Waals surface area contributed by atoms with Gasteiger partial charge in [-0.3, -0.25) is 14.7 Å². The van der Waals surface area contributed by atoms with E-state index in [1.807, 2.05) is 13.8 Å². The van der Waals surface area contributed by atoms with E-state index in [0.29, 0.717) is 24.4 Å². The number of carbonyl (C=O) groups is 2. The highest BCUT2D eigenvalue weighted by molar-refractivity contribution is 6.06. The zero-order valence-electron chi connectivity index (χ0n) is 11.3. The van der Waals surface area contributed by atoms with Gasteiger partial charge in [0.2, 0.25) is 5.91 Å². The molecule has 0 unspecified atom stereocenters. The smallest absolute Gasteiger partial charge is 0.404 e. The van der Waals surface area contributed by atoms with E-state index in [9.17, 15) is 9.59 Å². The minimum atomic E-state index is -1.03. The second-order valence-corrected chi connectivity index (χ2v) is 5.80. The van der Waals surface area contributed by atoms with E-state index in [1.165, 1.54) is 0 Å². The summed E-state index contributed by atoms with van der Waals surface area (Å²) in [5.74, 6) is 0.596. The third-order valence-electron chi connectivity index (χ3n) is 4.06. The third kappa shape index (κ3) is 1.73. The molecule has 2 N–H and O–H groups in total. The molecule has 1 fully saturated rings. The molecule has 1 aliphatic carbocycles. The Balaban J connectivity index is 1.82. The Morgan fingerprint density at radius 1 is 1.40 bits per heavy atom. The lowest BCUT2D eigenvalue weighted by atomic mass is 9.85. The predicted molar refractivity (Wildman–Crippen MR) is 70.5 cm³/mol. The topological polar surface area (TPSA) is 95.4 Å². The molecule has 20 heavy (non-hydrogen) atoms. The van der Waals surface area contributed by atoms with Crippen LogP contribution in [-0.2, 0) is 10.2 Å². The maximum absolute atomic E-state index is 12.6. The fraction of sp³-hybridized carbons (Fsp3) is 0.538. The monoisotopic (exact) mass is 276 g/mol. The average molecular weight is 276 g/mol. The van der Waals surface area contributed by atoms with Crippen LogP contribution in [0.2, 0.25) is 0 Å². The van der Waals surface area contributed by atoms with Crippen LogP contribution in [0, 0.1) is 0 Å². The molecule has 2 aliphatic rings. The van der Waals surface area contributed by atoms with Gasteiger partial charge in [0.05, 0.1) is 11.1 Å². The number of hydrogen-bond acceptors (Lipinski definition) is 4. The molecule has 0 bridgehead atoms. The molecule has 2 amide bonds. The minimum absolute atomic E-state index is 0.00317. The number of nitrogens with one attached hydrogen (secondary N) is 1. The van der Waals surface area contributed by atoms with Crippen molar-refractivity contribution in [2.45, 2.75) is 44.2 Å². The fourth-order valence-corrected chi connectivity index (χ4v) is 2.88. The molecular formula is C13H16N4O3. The van der Waals surface area contributed by atoms with Crippen molar-refractivity contribution in [1.29, 1.82) is 0 Å². The van der Waals surface area contributed by atoms with Crippen LogP contribution >= 0.6 is 0 Å². The van der Waals surface area contributed by atoms with Crippen molar-refractivity contribution in [3.8, 4) is 0 Å². The SMILES string of the molecule is CC1(C)C(=O)N(C2CC(NC(=O)O)C2)c2nccnc21. The second kappa shape index (κ2) is 4.16. The molecule has 1 aromatic heterocycles. The molecule has 0 aromatic carbocycles. The summed E-state index contributed by atoms with van der Waals surface area (Å²) in [6, 6.07) is -0.0919. The second-order valence-electron chi connectivity index (χ2n) is 5.80. The van der Waals surface area contributed by atoms with E-state index in [2.05, 4.69) is 15.3 Å². The number of nitrogens with zero attached hydrogens (tertiary/aromatic N) is 3. The number of carbonyl (C=O) groups excluding carboxylic acids is 1. The number of anilines is 1. The van der Waals surface area contributed by atoms with Gasteiger partial charge < -0.3 is 10.4 Å². The van der Waals surface area contributed by atoms with Gasteiger partial charge in [-0.15, -0.1) is 0 Å². The van der Waals surface area contributed by atoms with E-state index >= 15 is 0 Å². The lowest BCUT2D eigenvalue weighted by Crippen LogP contribution is -2.56. The van der Waals surface area contributed by atoms with Gasteiger partial charge in [0.1, 0.15) is 0 Å². The van der Waals surface area contributed by atoms with Crippen molar-refractivity contribution in [2.24, 2.45) is 0 Å². The van der Waals surface area contributed by atoms with Gasteiger partial charge in [-0.1, -0.05) is 0 Å². The summed E-state index contributed by atoms with van der Waals surface area (Å²) in [6.07, 6.45) is 3.37. The molecule has 0 saturated heterocycles. The normalized spacial score (nSPS) is 26.9. The van der Waals surface area contributed by atoms with Gasteiger partial charge >= 0.3 is 6.09 Å². The summed E-state index contributed by atoms with van der Waals surface area (Å²) in [4.78, 5) is 33.4. The Kier molecular flexibility index (Phi) is 2.67. The molecule has 0 radical (unpaired) electrons. The van der Waals surface area contributed by atoms with Crippen LogP contribution in [0.5, 0.6) is 0 Å². The van der Waals surface area contributed by atoms with Crippen LogP contribution in [0.15, 0.2) is 12.4 Å². The first-order valence-corrected chi connectivity index (χ1v) is 6.56. The first kappa shape index (κ1) is 12.8. The first-order chi connectivity index (χ1) is 9.41. The summed E-state index contributed by atoms with van der Waals surface area (Å²) in [6.45, 7) is 3.68. The van der Waals surface area contributed by atoms with E-state index in [4.69, 9.17) is 5.11 Å². The fourth-order valence-electron chi connectivity index (χ4n) is 2.88. The Morgan fingerprint density at radius 2 is 2.05 bits per heavy atom. The maximum Gasteiger partial charge on any atom is 0.404 e. The lowest BCUT2D eigenvalue weighted by Gasteiger charge is -2.40. The molecule has 7 heteroatoms. The quantitative estimate of drug-likeness (QED) is 0.836. The molecule has 1 saturated carbocycles. The Morgan fingerprint density at radius 3 is 2.70 bits per heavy atom. The largest absolute Gasteiger partial charge is 0.465 e. The van der Waals surface area contributed by atoms with Gasteiger partial charge in [-0.2, -0.15) is 0 Å². The number of amides is 2. The number of hydrogen-bond donors (Lipinski definition) is 2. The van der Waals surface area contributed by atoms with Crippen LogP contribution in [0.4, 0.5) is 10.6 Å². The number of rotatable bonds is 2. The molecule has 3 rings (SSSR count). The van der Waals surface area contributed by atoms with Crippen molar-refractivity contribution in [1.82, 2.24) is 15.3 Å². The molecular weight excluding hydrogens is 260 g/mol. The maximum atomic E-state index is 12.6. The van der Waals surface area contributed by atoms with Crippen LogP contribution in [0.25, 0.3) is 0 Å². The highest BCUT2D eigenvalue weighted by Crippen LogP contribution is 2.42. The highest BCUT2D eigenvalue weighted by atomic mass is 16.4. The summed E-state index contributed by atoms with van der Waals surface area (Å²) in [7, 11) is 0. The molecule has 1 aromatic rings. The van der Waals surface area contributed by atoms with Crippen LogP contribution in [-0.4, -0.2) is 39.2 Å². The zero-order valence-corrected chi connectivity index (χ0v) is 11.3. The van der Waals surface area contributed by atoms with Crippen molar-refractivity contribution in [3.63, 3.8) is 0 Å². The molecule has 1 aliphatic heterocycles. The molecule has 0 atom stereocenters. The van der Waals surface area contributed by atoms with E-state index in [1.54, 1.807) is 17.3 Å².